The standard InChI is InChI=1S/C31H27Cl2N3O5S/c32-24-16-15-23(26(33)17-24)19-35(42(39,40)25-11-5-2-6-12-25)21-30(37)36-20-29(41-28-14-8-7-13-27(28)36)31(38)34-18-22-9-3-1-4-10-22/h1-17,29H,18-21H2,(H,34,38). The van der Waals surface area contributed by atoms with Crippen LogP contribution in [0.2, 0.25) is 10.0 Å². The molecule has 0 fully saturated rings. The molecule has 0 spiro atoms. The van der Waals surface area contributed by atoms with E-state index in [0.717, 1.165) is 9.87 Å². The van der Waals surface area contributed by atoms with Crippen LogP contribution in [0.25, 0.3) is 0 Å². The van der Waals surface area contributed by atoms with Gasteiger partial charge in [-0.15, -0.1) is 0 Å². The molecular weight excluding hydrogens is 597 g/mol. The number of sulfonamides is 1. The summed E-state index contributed by atoms with van der Waals surface area (Å²) < 4.78 is 34.6. The number of hydrogen-bond donors (Lipinski definition) is 1. The lowest BCUT2D eigenvalue weighted by molar-refractivity contribution is -0.128. The van der Waals surface area contributed by atoms with Gasteiger partial charge in [-0.25, -0.2) is 8.42 Å². The number of rotatable bonds is 9. The average molecular weight is 625 g/mol. The summed E-state index contributed by atoms with van der Waals surface area (Å²) >= 11 is 12.4. The Balaban J connectivity index is 1.41. The van der Waals surface area contributed by atoms with Crippen molar-refractivity contribution in [3.05, 3.63) is 124 Å². The maximum absolute atomic E-state index is 13.9. The van der Waals surface area contributed by atoms with Crippen molar-refractivity contribution in [2.24, 2.45) is 0 Å². The number of ether oxygens (including phenoxy) is 1. The molecule has 4 aromatic carbocycles. The molecule has 0 saturated carbocycles. The van der Waals surface area contributed by atoms with Gasteiger partial charge in [0, 0.05) is 23.1 Å². The second-order valence-electron chi connectivity index (χ2n) is 9.60. The SMILES string of the molecule is O=C(NCc1ccccc1)C1CN(C(=O)CN(Cc2ccc(Cl)cc2Cl)S(=O)(=O)c2ccccc2)c2ccccc2O1. The first-order chi connectivity index (χ1) is 20.2. The summed E-state index contributed by atoms with van der Waals surface area (Å²) in [5.74, 6) is -0.584. The molecule has 0 radical (unpaired) electrons. The number of carbonyl (C=O) groups is 2. The van der Waals surface area contributed by atoms with Crippen LogP contribution in [0.4, 0.5) is 5.69 Å². The molecule has 2 amide bonds. The molecule has 5 rings (SSSR count). The highest BCUT2D eigenvalue weighted by Gasteiger charge is 2.36. The lowest BCUT2D eigenvalue weighted by Gasteiger charge is -2.35. The molecule has 0 aromatic heterocycles. The number of halogens is 2. The van der Waals surface area contributed by atoms with E-state index in [0.29, 0.717) is 28.6 Å². The Kier molecular flexibility index (Phi) is 9.13. The smallest absolute Gasteiger partial charge is 0.263 e. The number of hydrogen-bond acceptors (Lipinski definition) is 5. The summed E-state index contributed by atoms with van der Waals surface area (Å²) in [4.78, 5) is 28.4. The number of nitrogens with zero attached hydrogens (tertiary/aromatic N) is 2. The molecule has 8 nitrogen and oxygen atoms in total. The van der Waals surface area contributed by atoms with Crippen LogP contribution in [0, 0.1) is 0 Å². The highest BCUT2D eigenvalue weighted by molar-refractivity contribution is 7.89. The number of para-hydroxylation sites is 2. The minimum absolute atomic E-state index is 0.0310. The topological polar surface area (TPSA) is 96.0 Å². The van der Waals surface area contributed by atoms with Gasteiger partial charge in [-0.1, -0.05) is 89.9 Å². The van der Waals surface area contributed by atoms with E-state index in [-0.39, 0.29) is 23.0 Å². The maximum Gasteiger partial charge on any atom is 0.263 e. The minimum Gasteiger partial charge on any atom is -0.477 e. The lowest BCUT2D eigenvalue weighted by atomic mass is 10.1. The number of anilines is 1. The number of amides is 2. The molecule has 42 heavy (non-hydrogen) atoms. The predicted octanol–water partition coefficient (Wildman–Crippen LogP) is 5.29. The first-order valence-electron chi connectivity index (χ1n) is 13.1. The molecule has 1 unspecified atom stereocenters. The van der Waals surface area contributed by atoms with Crippen molar-refractivity contribution in [3.63, 3.8) is 0 Å². The van der Waals surface area contributed by atoms with Crippen LogP contribution < -0.4 is 15.0 Å². The van der Waals surface area contributed by atoms with Gasteiger partial charge in [0.2, 0.25) is 15.9 Å². The molecule has 1 N–H and O–H groups in total. The third-order valence-electron chi connectivity index (χ3n) is 6.73. The van der Waals surface area contributed by atoms with Gasteiger partial charge < -0.3 is 15.0 Å². The molecule has 0 bridgehead atoms. The maximum atomic E-state index is 13.9. The van der Waals surface area contributed by atoms with Crippen molar-refractivity contribution in [1.82, 2.24) is 9.62 Å². The van der Waals surface area contributed by atoms with Crippen LogP contribution in [0.1, 0.15) is 11.1 Å². The summed E-state index contributed by atoms with van der Waals surface area (Å²) in [7, 11) is -4.12. The van der Waals surface area contributed by atoms with E-state index in [4.69, 9.17) is 27.9 Å². The monoisotopic (exact) mass is 623 g/mol. The van der Waals surface area contributed by atoms with Crippen molar-refractivity contribution in [1.29, 1.82) is 0 Å². The Morgan fingerprint density at radius 3 is 2.29 bits per heavy atom. The molecule has 11 heteroatoms. The van der Waals surface area contributed by atoms with Gasteiger partial charge in [0.15, 0.2) is 6.10 Å². The second kappa shape index (κ2) is 13.0. The zero-order valence-corrected chi connectivity index (χ0v) is 24.6. The first-order valence-corrected chi connectivity index (χ1v) is 15.3. The fourth-order valence-corrected chi connectivity index (χ4v) is 6.41. The highest BCUT2D eigenvalue weighted by atomic mass is 35.5. The van der Waals surface area contributed by atoms with E-state index in [1.165, 1.54) is 23.1 Å². The van der Waals surface area contributed by atoms with Crippen LogP contribution in [0.3, 0.4) is 0 Å². The van der Waals surface area contributed by atoms with Gasteiger partial charge in [-0.05, 0) is 47.5 Å². The van der Waals surface area contributed by atoms with Crippen molar-refractivity contribution in [3.8, 4) is 5.75 Å². The summed E-state index contributed by atoms with van der Waals surface area (Å²) in [6, 6.07) is 28.9. The Morgan fingerprint density at radius 2 is 1.57 bits per heavy atom. The number of benzene rings is 4. The summed E-state index contributed by atoms with van der Waals surface area (Å²) in [5, 5.41) is 3.53. The largest absolute Gasteiger partial charge is 0.477 e. The Bertz CT molecular complexity index is 1690. The third-order valence-corrected chi connectivity index (χ3v) is 9.12. The highest BCUT2D eigenvalue weighted by Crippen LogP contribution is 2.34. The van der Waals surface area contributed by atoms with Crippen molar-refractivity contribution < 1.29 is 22.7 Å². The van der Waals surface area contributed by atoms with Crippen LogP contribution in [0.5, 0.6) is 5.75 Å². The van der Waals surface area contributed by atoms with Crippen molar-refractivity contribution >= 4 is 50.7 Å². The summed E-state index contributed by atoms with van der Waals surface area (Å²) in [5.41, 5.74) is 1.84. The summed E-state index contributed by atoms with van der Waals surface area (Å²) in [6.07, 6.45) is -1.00. The molecule has 1 aliphatic rings. The zero-order chi connectivity index (χ0) is 29.7. The molecule has 216 valence electrons. The van der Waals surface area contributed by atoms with Crippen molar-refractivity contribution in [2.75, 3.05) is 18.0 Å². The normalized spacial score (nSPS) is 14.6. The molecule has 1 heterocycles. The Hall–Kier alpha value is -3.89. The Morgan fingerprint density at radius 1 is 0.905 bits per heavy atom. The predicted molar refractivity (Wildman–Crippen MR) is 162 cm³/mol. The van der Waals surface area contributed by atoms with Crippen molar-refractivity contribution in [2.45, 2.75) is 24.1 Å². The van der Waals surface area contributed by atoms with Gasteiger partial charge in [-0.2, -0.15) is 4.31 Å². The van der Waals surface area contributed by atoms with E-state index in [1.54, 1.807) is 54.6 Å². The van der Waals surface area contributed by atoms with Crippen LogP contribution in [-0.4, -0.2) is 43.7 Å². The summed E-state index contributed by atoms with van der Waals surface area (Å²) in [6.45, 7) is -0.494. The molecule has 1 aliphatic heterocycles. The Labute approximate surface area is 254 Å². The van der Waals surface area contributed by atoms with Gasteiger partial charge in [0.25, 0.3) is 5.91 Å². The minimum atomic E-state index is -4.12. The van der Waals surface area contributed by atoms with E-state index < -0.39 is 34.5 Å². The lowest BCUT2D eigenvalue weighted by Crippen LogP contribution is -2.52. The van der Waals surface area contributed by atoms with Gasteiger partial charge in [-0.3, -0.25) is 9.59 Å². The molecule has 0 saturated heterocycles. The first kappa shape index (κ1) is 29.6. The van der Waals surface area contributed by atoms with Crippen LogP contribution >= 0.6 is 23.2 Å². The molecule has 4 aromatic rings. The van der Waals surface area contributed by atoms with Gasteiger partial charge >= 0.3 is 0 Å². The van der Waals surface area contributed by atoms with Crippen LogP contribution in [0.15, 0.2) is 108 Å². The van der Waals surface area contributed by atoms with E-state index in [1.807, 2.05) is 30.3 Å². The number of nitrogens with one attached hydrogen (secondary N) is 1. The van der Waals surface area contributed by atoms with Gasteiger partial charge in [0.05, 0.1) is 23.7 Å². The van der Waals surface area contributed by atoms with E-state index in [9.17, 15) is 18.0 Å². The zero-order valence-electron chi connectivity index (χ0n) is 22.3. The third kappa shape index (κ3) is 6.77. The van der Waals surface area contributed by atoms with Crippen LogP contribution in [-0.2, 0) is 32.7 Å². The number of fused-ring (bicyclic) bond motifs is 1. The molecule has 0 aliphatic carbocycles. The van der Waals surface area contributed by atoms with Gasteiger partial charge in [0.1, 0.15) is 5.75 Å². The number of carbonyl (C=O) groups excluding carboxylic acids is 2. The second-order valence-corrected chi connectivity index (χ2v) is 12.4. The quantitative estimate of drug-likeness (QED) is 0.273. The fraction of sp³-hybridized carbons (Fsp3) is 0.161. The molecular formula is C31H27Cl2N3O5S. The fourth-order valence-electron chi connectivity index (χ4n) is 4.55. The average Bonchev–Trinajstić information content (AvgIpc) is 3.01. The molecule has 1 atom stereocenters. The van der Waals surface area contributed by atoms with E-state index in [2.05, 4.69) is 5.32 Å². The van der Waals surface area contributed by atoms with E-state index >= 15 is 0 Å².